The third-order valence-electron chi connectivity index (χ3n) is 4.44. The van der Waals surface area contributed by atoms with Gasteiger partial charge in [-0.3, -0.25) is 4.79 Å². The van der Waals surface area contributed by atoms with Crippen molar-refractivity contribution in [2.75, 3.05) is 13.2 Å². The molecule has 3 rings (SSSR count). The van der Waals surface area contributed by atoms with E-state index in [0.717, 1.165) is 13.0 Å². The van der Waals surface area contributed by atoms with Gasteiger partial charge >= 0.3 is 0 Å². The second kappa shape index (κ2) is 5.31. The molecule has 0 aromatic rings. The summed E-state index contributed by atoms with van der Waals surface area (Å²) in [4.78, 5) is 12.2. The maximum absolute atomic E-state index is 12.2. The molecule has 92 valence electrons. The van der Waals surface area contributed by atoms with Crippen molar-refractivity contribution in [3.8, 4) is 0 Å². The summed E-state index contributed by atoms with van der Waals surface area (Å²) < 4.78 is 5.45. The molecule has 1 heterocycles. The molecule has 16 heavy (non-hydrogen) atoms. The first kappa shape index (κ1) is 12.1. The molecule has 0 radical (unpaired) electrons. The number of carbonyl (C=O) groups is 1. The highest BCUT2D eigenvalue weighted by Gasteiger charge is 2.46. The van der Waals surface area contributed by atoms with Gasteiger partial charge in [-0.1, -0.05) is 26.7 Å². The van der Waals surface area contributed by atoms with Gasteiger partial charge in [-0.25, -0.2) is 0 Å². The predicted octanol–water partition coefficient (Wildman–Crippen LogP) is 3.05. The van der Waals surface area contributed by atoms with Crippen LogP contribution in [0, 0.1) is 23.7 Å². The second-order valence-electron chi connectivity index (χ2n) is 5.19. The monoisotopic (exact) mass is 224 g/mol. The Morgan fingerprint density at radius 3 is 2.56 bits per heavy atom. The highest BCUT2D eigenvalue weighted by molar-refractivity contribution is 5.85. The van der Waals surface area contributed by atoms with Gasteiger partial charge in [0.25, 0.3) is 0 Å². The first-order valence-electron chi connectivity index (χ1n) is 6.97. The third kappa shape index (κ3) is 2.04. The number of fused-ring (bicyclic) bond motifs is 2. The zero-order valence-electron chi connectivity index (χ0n) is 10.6. The van der Waals surface area contributed by atoms with E-state index in [1.54, 1.807) is 0 Å². The van der Waals surface area contributed by atoms with E-state index in [9.17, 15) is 4.79 Å². The van der Waals surface area contributed by atoms with Crippen LogP contribution in [0.3, 0.4) is 0 Å². The van der Waals surface area contributed by atoms with Crippen LogP contribution in [0.2, 0.25) is 0 Å². The minimum atomic E-state index is 0.273. The number of ether oxygens (including phenoxy) is 1. The van der Waals surface area contributed by atoms with E-state index in [2.05, 4.69) is 0 Å². The van der Waals surface area contributed by atoms with Gasteiger partial charge in [0, 0.05) is 11.8 Å². The molecule has 0 aromatic heterocycles. The van der Waals surface area contributed by atoms with Crippen LogP contribution >= 0.6 is 0 Å². The fraction of sp³-hybridized carbons (Fsp3) is 0.929. The average molecular weight is 224 g/mol. The van der Waals surface area contributed by atoms with E-state index >= 15 is 0 Å². The van der Waals surface area contributed by atoms with Gasteiger partial charge in [0.05, 0.1) is 13.2 Å². The summed E-state index contributed by atoms with van der Waals surface area (Å²) in [6, 6.07) is 0. The normalized spacial score (nSPS) is 41.8. The molecule has 0 bridgehead atoms. The molecule has 1 saturated heterocycles. The molecule has 3 aliphatic rings. The Hall–Kier alpha value is -0.370. The number of hydrogen-bond donors (Lipinski definition) is 0. The zero-order valence-corrected chi connectivity index (χ0v) is 10.6. The number of Topliss-reactive ketones (excluding diaryl/α,β-unsaturated/α-hetero) is 1. The maximum atomic E-state index is 12.2. The molecule has 2 aliphatic carbocycles. The molecule has 4 atom stereocenters. The van der Waals surface area contributed by atoms with Crippen molar-refractivity contribution in [1.82, 2.24) is 0 Å². The number of rotatable bonds is 0. The lowest BCUT2D eigenvalue weighted by Crippen LogP contribution is -2.41. The molecule has 0 spiro atoms. The fourth-order valence-corrected chi connectivity index (χ4v) is 3.67. The van der Waals surface area contributed by atoms with E-state index < -0.39 is 0 Å². The van der Waals surface area contributed by atoms with Crippen LogP contribution in [0.15, 0.2) is 0 Å². The molecule has 3 fully saturated rings. The summed E-state index contributed by atoms with van der Waals surface area (Å²) in [5, 5.41) is 0. The molecule has 0 amide bonds. The van der Waals surface area contributed by atoms with E-state index in [4.69, 9.17) is 4.74 Å². The van der Waals surface area contributed by atoms with Crippen molar-refractivity contribution in [2.24, 2.45) is 23.7 Å². The van der Waals surface area contributed by atoms with Gasteiger partial charge in [0.1, 0.15) is 5.78 Å². The standard InChI is InChI=1S/C12H18O2.C2H6/c13-12-10-4-2-1-3-8(10)5-9-6-14-7-11(9)12;1-2/h8-11H,1-7H2;1-2H3/t8?,9-,10?,11+;/m1./s1. The van der Waals surface area contributed by atoms with Crippen molar-refractivity contribution < 1.29 is 9.53 Å². The maximum Gasteiger partial charge on any atom is 0.141 e. The van der Waals surface area contributed by atoms with E-state index in [1.807, 2.05) is 13.8 Å². The lowest BCUT2D eigenvalue weighted by atomic mass is 9.63. The van der Waals surface area contributed by atoms with Crippen LogP contribution in [-0.4, -0.2) is 19.0 Å². The van der Waals surface area contributed by atoms with E-state index in [1.165, 1.54) is 25.7 Å². The Labute approximate surface area is 98.7 Å². The van der Waals surface area contributed by atoms with Gasteiger partial charge in [0.2, 0.25) is 0 Å². The Morgan fingerprint density at radius 2 is 1.75 bits per heavy atom. The first-order chi connectivity index (χ1) is 7.86. The quantitative estimate of drug-likeness (QED) is 0.632. The Morgan fingerprint density at radius 1 is 1.00 bits per heavy atom. The third-order valence-corrected chi connectivity index (χ3v) is 4.44. The van der Waals surface area contributed by atoms with Crippen molar-refractivity contribution in [1.29, 1.82) is 0 Å². The molecule has 2 saturated carbocycles. The Balaban J connectivity index is 0.000000457. The molecule has 0 aromatic carbocycles. The SMILES string of the molecule is CC.O=C1C2CCCCC2C[C@@H]2COC[C@H]12. The lowest BCUT2D eigenvalue weighted by Gasteiger charge is -2.39. The summed E-state index contributed by atoms with van der Waals surface area (Å²) >= 11 is 0. The zero-order chi connectivity index (χ0) is 11.5. The molecule has 2 unspecified atom stereocenters. The first-order valence-corrected chi connectivity index (χ1v) is 6.97. The minimum absolute atomic E-state index is 0.273. The summed E-state index contributed by atoms with van der Waals surface area (Å²) in [5.41, 5.74) is 0. The van der Waals surface area contributed by atoms with Crippen LogP contribution in [-0.2, 0) is 9.53 Å². The minimum Gasteiger partial charge on any atom is -0.380 e. The van der Waals surface area contributed by atoms with Crippen molar-refractivity contribution >= 4 is 5.78 Å². The largest absolute Gasteiger partial charge is 0.380 e. The van der Waals surface area contributed by atoms with Crippen LogP contribution in [0.1, 0.15) is 46.0 Å². The van der Waals surface area contributed by atoms with Crippen molar-refractivity contribution in [3.63, 3.8) is 0 Å². The number of carbonyl (C=O) groups excluding carboxylic acids is 1. The van der Waals surface area contributed by atoms with Gasteiger partial charge in [-0.15, -0.1) is 0 Å². The Kier molecular flexibility index (Phi) is 4.01. The van der Waals surface area contributed by atoms with E-state index in [0.29, 0.717) is 30.1 Å². The van der Waals surface area contributed by atoms with Crippen molar-refractivity contribution in [2.45, 2.75) is 46.0 Å². The van der Waals surface area contributed by atoms with Gasteiger partial charge in [0.15, 0.2) is 0 Å². The molecule has 2 heteroatoms. The van der Waals surface area contributed by atoms with Crippen LogP contribution in [0.25, 0.3) is 0 Å². The fourth-order valence-electron chi connectivity index (χ4n) is 3.67. The molecule has 2 nitrogen and oxygen atoms in total. The topological polar surface area (TPSA) is 26.3 Å². The summed E-state index contributed by atoms with van der Waals surface area (Å²) in [7, 11) is 0. The van der Waals surface area contributed by atoms with Gasteiger partial charge < -0.3 is 4.74 Å². The van der Waals surface area contributed by atoms with Crippen LogP contribution in [0.4, 0.5) is 0 Å². The molecule has 0 N–H and O–H groups in total. The van der Waals surface area contributed by atoms with E-state index in [-0.39, 0.29) is 5.92 Å². The van der Waals surface area contributed by atoms with Crippen LogP contribution in [0.5, 0.6) is 0 Å². The summed E-state index contributed by atoms with van der Waals surface area (Å²) in [6.07, 6.45) is 6.32. The van der Waals surface area contributed by atoms with Gasteiger partial charge in [-0.2, -0.15) is 0 Å². The average Bonchev–Trinajstić information content (AvgIpc) is 2.80. The number of ketones is 1. The highest BCUT2D eigenvalue weighted by Crippen LogP contribution is 2.45. The molecular weight excluding hydrogens is 200 g/mol. The Bertz CT molecular complexity index is 249. The predicted molar refractivity (Wildman–Crippen MR) is 64.2 cm³/mol. The van der Waals surface area contributed by atoms with Gasteiger partial charge in [-0.05, 0) is 31.1 Å². The summed E-state index contributed by atoms with van der Waals surface area (Å²) in [5.74, 6) is 2.51. The van der Waals surface area contributed by atoms with Crippen LogP contribution < -0.4 is 0 Å². The highest BCUT2D eigenvalue weighted by atomic mass is 16.5. The molecular formula is C14H24O2. The second-order valence-corrected chi connectivity index (χ2v) is 5.19. The van der Waals surface area contributed by atoms with Crippen molar-refractivity contribution in [3.05, 3.63) is 0 Å². The number of hydrogen-bond acceptors (Lipinski definition) is 2. The smallest absolute Gasteiger partial charge is 0.141 e. The molecule has 1 aliphatic heterocycles. The summed E-state index contributed by atoms with van der Waals surface area (Å²) in [6.45, 7) is 5.56. The lowest BCUT2D eigenvalue weighted by molar-refractivity contribution is -0.134.